The largest absolute Gasteiger partial charge is 0.543 e. The molecule has 0 spiro atoms. The fraction of sp³-hybridized carbons (Fsp3) is 0.654. The summed E-state index contributed by atoms with van der Waals surface area (Å²) in [5.74, 6) is 2.91. The van der Waals surface area contributed by atoms with Crippen molar-refractivity contribution in [1.82, 2.24) is 0 Å². The van der Waals surface area contributed by atoms with Crippen LogP contribution in [0.4, 0.5) is 0 Å². The van der Waals surface area contributed by atoms with Gasteiger partial charge in [-0.2, -0.15) is 0 Å². The van der Waals surface area contributed by atoms with Crippen LogP contribution in [-0.2, 0) is 4.79 Å². The van der Waals surface area contributed by atoms with Crippen molar-refractivity contribution in [2.24, 2.45) is 23.2 Å². The van der Waals surface area contributed by atoms with Crippen molar-refractivity contribution in [2.75, 3.05) is 0 Å². The highest BCUT2D eigenvalue weighted by Gasteiger charge is 2.51. The van der Waals surface area contributed by atoms with Crippen LogP contribution in [0.2, 0.25) is 18.1 Å². The summed E-state index contributed by atoms with van der Waals surface area (Å²) in [6.45, 7) is 16.1. The second-order valence-corrected chi connectivity index (χ2v) is 15.9. The van der Waals surface area contributed by atoms with Gasteiger partial charge in [0.05, 0.1) is 0 Å². The second-order valence-electron chi connectivity index (χ2n) is 11.2. The summed E-state index contributed by atoms with van der Waals surface area (Å²) in [7, 11) is -1.83. The molecule has 4 atom stereocenters. The number of allylic oxidation sites excluding steroid dienone is 1. The van der Waals surface area contributed by atoms with Crippen molar-refractivity contribution in [1.29, 1.82) is 0 Å². The van der Waals surface area contributed by atoms with Crippen LogP contribution in [0.3, 0.4) is 0 Å². The number of hydrogen-bond acceptors (Lipinski definition) is 2. The summed E-state index contributed by atoms with van der Waals surface area (Å²) in [5.41, 5.74) is 1.40. The van der Waals surface area contributed by atoms with E-state index in [0.29, 0.717) is 23.5 Å². The minimum absolute atomic E-state index is 0.194. The van der Waals surface area contributed by atoms with Crippen molar-refractivity contribution >= 4 is 20.2 Å². The van der Waals surface area contributed by atoms with Gasteiger partial charge in [-0.1, -0.05) is 58.9 Å². The summed E-state index contributed by atoms with van der Waals surface area (Å²) in [6.07, 6.45) is 9.99. The Morgan fingerprint density at radius 3 is 2.66 bits per heavy atom. The van der Waals surface area contributed by atoms with E-state index in [4.69, 9.17) is 4.43 Å². The Bertz CT molecular complexity index is 773. The molecule has 2 nitrogen and oxygen atoms in total. The van der Waals surface area contributed by atoms with Crippen molar-refractivity contribution in [2.45, 2.75) is 84.9 Å². The lowest BCUT2D eigenvalue weighted by atomic mass is 9.62. The molecule has 0 bridgehead atoms. The first-order valence-corrected chi connectivity index (χ1v) is 14.3. The van der Waals surface area contributed by atoms with E-state index in [1.165, 1.54) is 18.4 Å². The lowest BCUT2D eigenvalue weighted by Crippen LogP contribution is -2.43. The maximum atomic E-state index is 12.4. The molecule has 29 heavy (non-hydrogen) atoms. The molecule has 0 heterocycles. The zero-order valence-corrected chi connectivity index (χ0v) is 20.5. The summed E-state index contributed by atoms with van der Waals surface area (Å²) in [5, 5.41) is 0.194. The van der Waals surface area contributed by atoms with Gasteiger partial charge in [-0.3, -0.25) is 4.79 Å². The first-order chi connectivity index (χ1) is 13.4. The predicted molar refractivity (Wildman–Crippen MR) is 126 cm³/mol. The molecule has 0 N–H and O–H groups in total. The van der Waals surface area contributed by atoms with Crippen LogP contribution in [0.15, 0.2) is 30.3 Å². The standard InChI is InChI=1S/C26H40O2Si/c1-19(22-15-16-23-24(27)12-9-17-26(22,23)5)13-14-20-10-8-11-21(18-20)28-29(6,7)25(2,3)4/h8,10-11,13-14,18-19,22-23H,9,12,15-17H2,1-7H3/t19-,22?,23?,26+/m0/s1. The third kappa shape index (κ3) is 4.55. The lowest BCUT2D eigenvalue weighted by molar-refractivity contribution is -0.129. The Kier molecular flexibility index (Phi) is 6.20. The Morgan fingerprint density at radius 1 is 1.24 bits per heavy atom. The Hall–Kier alpha value is -1.35. The minimum Gasteiger partial charge on any atom is -0.543 e. The van der Waals surface area contributed by atoms with Crippen LogP contribution < -0.4 is 4.43 Å². The van der Waals surface area contributed by atoms with Gasteiger partial charge in [-0.15, -0.1) is 0 Å². The van der Waals surface area contributed by atoms with Crippen molar-refractivity contribution in [3.8, 4) is 5.75 Å². The number of hydrogen-bond donors (Lipinski definition) is 0. The van der Waals surface area contributed by atoms with Gasteiger partial charge in [0, 0.05) is 12.3 Å². The predicted octanol–water partition coefficient (Wildman–Crippen LogP) is 7.51. The van der Waals surface area contributed by atoms with Gasteiger partial charge in [-0.25, -0.2) is 0 Å². The van der Waals surface area contributed by atoms with E-state index in [9.17, 15) is 4.79 Å². The normalized spacial score (nSPS) is 29.1. The van der Waals surface area contributed by atoms with Gasteiger partial charge in [-0.05, 0) is 78.8 Å². The monoisotopic (exact) mass is 412 g/mol. The summed E-state index contributed by atoms with van der Waals surface area (Å²) < 4.78 is 6.48. The molecule has 1 aromatic rings. The van der Waals surface area contributed by atoms with E-state index in [1.807, 2.05) is 0 Å². The van der Waals surface area contributed by atoms with Crippen molar-refractivity contribution < 1.29 is 9.22 Å². The zero-order valence-electron chi connectivity index (χ0n) is 19.5. The molecule has 0 amide bonds. The molecular weight excluding hydrogens is 372 g/mol. The van der Waals surface area contributed by atoms with Gasteiger partial charge in [0.25, 0.3) is 0 Å². The zero-order chi connectivity index (χ0) is 21.4. The Balaban J connectivity index is 1.71. The van der Waals surface area contributed by atoms with E-state index < -0.39 is 8.32 Å². The van der Waals surface area contributed by atoms with E-state index in [2.05, 4.69) is 84.1 Å². The number of carbonyl (C=O) groups excluding carboxylic acids is 1. The second kappa shape index (κ2) is 8.06. The molecule has 3 rings (SSSR count). The van der Waals surface area contributed by atoms with Crippen LogP contribution in [0, 0.1) is 23.2 Å². The molecule has 0 aromatic heterocycles. The molecule has 0 aliphatic heterocycles. The maximum absolute atomic E-state index is 12.4. The Morgan fingerprint density at radius 2 is 1.97 bits per heavy atom. The Labute approximate surface area is 179 Å². The average molecular weight is 413 g/mol. The summed E-state index contributed by atoms with van der Waals surface area (Å²) in [4.78, 5) is 12.4. The molecule has 2 unspecified atom stereocenters. The van der Waals surface area contributed by atoms with E-state index in [1.54, 1.807) is 0 Å². The number of Topliss-reactive ketones (excluding diaryl/α,β-unsaturated/α-hetero) is 1. The molecule has 3 heteroatoms. The average Bonchev–Trinajstić information content (AvgIpc) is 2.97. The van der Waals surface area contributed by atoms with Crippen LogP contribution in [-0.4, -0.2) is 14.1 Å². The maximum Gasteiger partial charge on any atom is 0.250 e. The summed E-state index contributed by atoms with van der Waals surface area (Å²) >= 11 is 0. The smallest absolute Gasteiger partial charge is 0.250 e. The molecule has 1 aromatic carbocycles. The fourth-order valence-corrected chi connectivity index (χ4v) is 6.38. The van der Waals surface area contributed by atoms with Crippen molar-refractivity contribution in [3.05, 3.63) is 35.9 Å². The molecule has 2 aliphatic carbocycles. The van der Waals surface area contributed by atoms with Gasteiger partial charge >= 0.3 is 0 Å². The van der Waals surface area contributed by atoms with E-state index >= 15 is 0 Å². The quantitative estimate of drug-likeness (QED) is 0.468. The number of fused-ring (bicyclic) bond motifs is 1. The number of ketones is 1. The molecule has 2 fully saturated rings. The highest BCUT2D eigenvalue weighted by atomic mass is 28.4. The van der Waals surface area contributed by atoms with Gasteiger partial charge in [0.1, 0.15) is 11.5 Å². The lowest BCUT2D eigenvalue weighted by Gasteiger charge is -2.41. The van der Waals surface area contributed by atoms with Gasteiger partial charge < -0.3 is 4.43 Å². The molecule has 0 radical (unpaired) electrons. The topological polar surface area (TPSA) is 26.3 Å². The number of rotatable bonds is 5. The van der Waals surface area contributed by atoms with Crippen LogP contribution in [0.1, 0.15) is 72.3 Å². The highest BCUT2D eigenvalue weighted by molar-refractivity contribution is 6.74. The van der Waals surface area contributed by atoms with Crippen LogP contribution in [0.5, 0.6) is 5.75 Å². The summed E-state index contributed by atoms with van der Waals surface area (Å²) in [6, 6.07) is 8.51. The molecular formula is C26H40O2Si. The van der Waals surface area contributed by atoms with Gasteiger partial charge in [0.15, 0.2) is 0 Å². The van der Waals surface area contributed by atoms with E-state index in [-0.39, 0.29) is 10.5 Å². The van der Waals surface area contributed by atoms with E-state index in [0.717, 1.165) is 25.0 Å². The fourth-order valence-electron chi connectivity index (χ4n) is 5.36. The SMILES string of the molecule is C[C@@H](C=Cc1cccc(O[Si](C)(C)C(C)(C)C)c1)C1CCC2C(=O)CCC[C@@]21C. The highest BCUT2D eigenvalue weighted by Crippen LogP contribution is 2.56. The van der Waals surface area contributed by atoms with Crippen molar-refractivity contribution in [3.63, 3.8) is 0 Å². The minimum atomic E-state index is -1.83. The van der Waals surface area contributed by atoms with Gasteiger partial charge in [0.2, 0.25) is 8.32 Å². The third-order valence-electron chi connectivity index (χ3n) is 8.20. The molecule has 2 saturated carbocycles. The van der Waals surface area contributed by atoms with Crippen LogP contribution in [0.25, 0.3) is 6.08 Å². The molecule has 2 aliphatic rings. The first kappa shape index (κ1) is 22.3. The number of benzene rings is 1. The number of carbonyl (C=O) groups is 1. The van der Waals surface area contributed by atoms with Crippen LogP contribution >= 0.6 is 0 Å². The molecule has 0 saturated heterocycles. The molecule has 160 valence electrons. The first-order valence-electron chi connectivity index (χ1n) is 11.4. The third-order valence-corrected chi connectivity index (χ3v) is 12.6.